The van der Waals surface area contributed by atoms with Crippen LogP contribution in [-0.4, -0.2) is 19.6 Å². The number of amides is 1. The standard InChI is InChI=1S/C11H15N3O/c1-13-7-14-10-3-2-8(6-12)4-9(10)5-11(14)15/h2-4,13H,5-7,12H2,1H3. The minimum atomic E-state index is 0.147. The molecule has 1 aromatic carbocycles. The quantitative estimate of drug-likeness (QED) is 0.741. The molecule has 4 nitrogen and oxygen atoms in total. The molecule has 15 heavy (non-hydrogen) atoms. The highest BCUT2D eigenvalue weighted by Crippen LogP contribution is 2.28. The van der Waals surface area contributed by atoms with Gasteiger partial charge >= 0.3 is 0 Å². The molecule has 1 amide bonds. The zero-order valence-electron chi connectivity index (χ0n) is 8.79. The number of hydrogen-bond acceptors (Lipinski definition) is 3. The minimum Gasteiger partial charge on any atom is -0.326 e. The number of fused-ring (bicyclic) bond motifs is 1. The lowest BCUT2D eigenvalue weighted by Gasteiger charge is -2.16. The van der Waals surface area contributed by atoms with E-state index in [-0.39, 0.29) is 5.91 Å². The summed E-state index contributed by atoms with van der Waals surface area (Å²) < 4.78 is 0. The Morgan fingerprint density at radius 2 is 2.33 bits per heavy atom. The first-order valence-electron chi connectivity index (χ1n) is 5.03. The molecule has 1 heterocycles. The number of carbonyl (C=O) groups is 1. The summed E-state index contributed by atoms with van der Waals surface area (Å²) >= 11 is 0. The van der Waals surface area contributed by atoms with Crippen molar-refractivity contribution in [3.8, 4) is 0 Å². The Balaban J connectivity index is 2.34. The van der Waals surface area contributed by atoms with Crippen molar-refractivity contribution in [3.63, 3.8) is 0 Å². The van der Waals surface area contributed by atoms with E-state index in [1.54, 1.807) is 4.90 Å². The Morgan fingerprint density at radius 3 is 3.00 bits per heavy atom. The van der Waals surface area contributed by atoms with E-state index in [0.717, 1.165) is 16.8 Å². The Labute approximate surface area is 89.1 Å². The van der Waals surface area contributed by atoms with E-state index in [1.165, 1.54) is 0 Å². The molecule has 1 aliphatic heterocycles. The second-order valence-electron chi connectivity index (χ2n) is 3.68. The van der Waals surface area contributed by atoms with Gasteiger partial charge in [-0.25, -0.2) is 0 Å². The smallest absolute Gasteiger partial charge is 0.232 e. The van der Waals surface area contributed by atoms with Gasteiger partial charge in [-0.2, -0.15) is 0 Å². The van der Waals surface area contributed by atoms with E-state index in [9.17, 15) is 4.79 Å². The molecule has 1 aliphatic rings. The molecule has 4 heteroatoms. The van der Waals surface area contributed by atoms with Crippen molar-refractivity contribution in [3.05, 3.63) is 29.3 Å². The van der Waals surface area contributed by atoms with Crippen LogP contribution in [0, 0.1) is 0 Å². The lowest BCUT2D eigenvalue weighted by Crippen LogP contribution is -2.34. The van der Waals surface area contributed by atoms with Crippen molar-refractivity contribution in [1.82, 2.24) is 5.32 Å². The van der Waals surface area contributed by atoms with Gasteiger partial charge in [0.2, 0.25) is 5.91 Å². The van der Waals surface area contributed by atoms with Gasteiger partial charge in [-0.05, 0) is 24.2 Å². The molecular formula is C11H15N3O. The highest BCUT2D eigenvalue weighted by atomic mass is 16.2. The summed E-state index contributed by atoms with van der Waals surface area (Å²) in [5.41, 5.74) is 8.73. The van der Waals surface area contributed by atoms with Crippen LogP contribution in [0.2, 0.25) is 0 Å². The molecule has 0 aromatic heterocycles. The van der Waals surface area contributed by atoms with E-state index in [1.807, 2.05) is 25.2 Å². The number of benzene rings is 1. The maximum Gasteiger partial charge on any atom is 0.232 e. The van der Waals surface area contributed by atoms with E-state index < -0.39 is 0 Å². The second kappa shape index (κ2) is 4.00. The van der Waals surface area contributed by atoms with Crippen LogP contribution < -0.4 is 16.0 Å². The Kier molecular flexibility index (Phi) is 2.70. The summed E-state index contributed by atoms with van der Waals surface area (Å²) in [5.74, 6) is 0.147. The van der Waals surface area contributed by atoms with Crippen molar-refractivity contribution >= 4 is 11.6 Å². The number of nitrogens with two attached hydrogens (primary N) is 1. The van der Waals surface area contributed by atoms with E-state index in [4.69, 9.17) is 5.73 Å². The monoisotopic (exact) mass is 205 g/mol. The summed E-state index contributed by atoms with van der Waals surface area (Å²) in [6.07, 6.45) is 0.491. The Bertz CT molecular complexity index is 389. The number of nitrogens with one attached hydrogen (secondary N) is 1. The highest BCUT2D eigenvalue weighted by molar-refractivity contribution is 6.01. The third-order valence-corrected chi connectivity index (χ3v) is 2.63. The Morgan fingerprint density at radius 1 is 1.53 bits per heavy atom. The molecular weight excluding hydrogens is 190 g/mol. The fourth-order valence-electron chi connectivity index (χ4n) is 1.89. The third kappa shape index (κ3) is 1.73. The van der Waals surface area contributed by atoms with Crippen LogP contribution in [0.3, 0.4) is 0 Å². The predicted molar refractivity (Wildman–Crippen MR) is 59.5 cm³/mol. The SMILES string of the molecule is CNCN1C(=O)Cc2cc(CN)ccc21. The zero-order chi connectivity index (χ0) is 10.8. The number of carbonyl (C=O) groups excluding carboxylic acids is 1. The first kappa shape index (κ1) is 10.1. The summed E-state index contributed by atoms with van der Waals surface area (Å²) in [6, 6.07) is 5.96. The van der Waals surface area contributed by atoms with Crippen molar-refractivity contribution in [2.24, 2.45) is 5.73 Å². The molecule has 2 rings (SSSR count). The number of anilines is 1. The van der Waals surface area contributed by atoms with Crippen molar-refractivity contribution in [2.75, 3.05) is 18.6 Å². The van der Waals surface area contributed by atoms with Gasteiger partial charge in [0.05, 0.1) is 13.1 Å². The molecule has 0 saturated carbocycles. The summed E-state index contributed by atoms with van der Waals surface area (Å²) in [7, 11) is 1.83. The van der Waals surface area contributed by atoms with Crippen LogP contribution in [0.5, 0.6) is 0 Å². The molecule has 0 aliphatic carbocycles. The van der Waals surface area contributed by atoms with Crippen LogP contribution in [0.25, 0.3) is 0 Å². The van der Waals surface area contributed by atoms with Crippen molar-refractivity contribution < 1.29 is 4.79 Å². The average Bonchev–Trinajstić information content (AvgIpc) is 2.55. The predicted octanol–water partition coefficient (Wildman–Crippen LogP) is 0.211. The number of nitrogens with zero attached hydrogens (tertiary/aromatic N) is 1. The van der Waals surface area contributed by atoms with E-state index in [0.29, 0.717) is 19.6 Å². The van der Waals surface area contributed by atoms with Crippen molar-refractivity contribution in [1.29, 1.82) is 0 Å². The van der Waals surface area contributed by atoms with Gasteiger partial charge in [0, 0.05) is 12.2 Å². The summed E-state index contributed by atoms with van der Waals surface area (Å²) in [4.78, 5) is 13.4. The van der Waals surface area contributed by atoms with Gasteiger partial charge < -0.3 is 11.1 Å². The van der Waals surface area contributed by atoms with Gasteiger partial charge in [0.25, 0.3) is 0 Å². The van der Waals surface area contributed by atoms with Gasteiger partial charge in [-0.15, -0.1) is 0 Å². The molecule has 0 spiro atoms. The van der Waals surface area contributed by atoms with Gasteiger partial charge in [-0.3, -0.25) is 9.69 Å². The first-order valence-corrected chi connectivity index (χ1v) is 5.03. The number of hydrogen-bond donors (Lipinski definition) is 2. The number of rotatable bonds is 3. The van der Waals surface area contributed by atoms with Crippen LogP contribution in [0.4, 0.5) is 5.69 Å². The maximum atomic E-state index is 11.7. The van der Waals surface area contributed by atoms with Gasteiger partial charge in [0.1, 0.15) is 0 Å². The Hall–Kier alpha value is -1.39. The lowest BCUT2D eigenvalue weighted by atomic mass is 10.1. The third-order valence-electron chi connectivity index (χ3n) is 2.63. The molecule has 0 atom stereocenters. The average molecular weight is 205 g/mol. The van der Waals surface area contributed by atoms with Crippen molar-refractivity contribution in [2.45, 2.75) is 13.0 Å². The van der Waals surface area contributed by atoms with Crippen LogP contribution in [-0.2, 0) is 17.8 Å². The molecule has 0 saturated heterocycles. The molecule has 3 N–H and O–H groups in total. The zero-order valence-corrected chi connectivity index (χ0v) is 8.79. The molecule has 0 radical (unpaired) electrons. The first-order chi connectivity index (χ1) is 7.26. The van der Waals surface area contributed by atoms with Crippen LogP contribution in [0.15, 0.2) is 18.2 Å². The van der Waals surface area contributed by atoms with E-state index in [2.05, 4.69) is 5.32 Å². The van der Waals surface area contributed by atoms with Crippen LogP contribution >= 0.6 is 0 Å². The summed E-state index contributed by atoms with van der Waals surface area (Å²) in [5, 5.41) is 2.99. The maximum absolute atomic E-state index is 11.7. The topological polar surface area (TPSA) is 58.4 Å². The molecule has 80 valence electrons. The van der Waals surface area contributed by atoms with Crippen LogP contribution in [0.1, 0.15) is 11.1 Å². The summed E-state index contributed by atoms with van der Waals surface area (Å²) in [6.45, 7) is 1.08. The van der Waals surface area contributed by atoms with Gasteiger partial charge in [0.15, 0.2) is 0 Å². The molecule has 0 fully saturated rings. The van der Waals surface area contributed by atoms with Gasteiger partial charge in [-0.1, -0.05) is 12.1 Å². The minimum absolute atomic E-state index is 0.147. The lowest BCUT2D eigenvalue weighted by molar-refractivity contribution is -0.117. The fraction of sp³-hybridized carbons (Fsp3) is 0.364. The van der Waals surface area contributed by atoms with E-state index >= 15 is 0 Å². The highest BCUT2D eigenvalue weighted by Gasteiger charge is 2.26. The molecule has 0 bridgehead atoms. The normalized spacial score (nSPS) is 14.5. The fourth-order valence-corrected chi connectivity index (χ4v) is 1.89. The second-order valence-corrected chi connectivity index (χ2v) is 3.68. The molecule has 1 aromatic rings. The largest absolute Gasteiger partial charge is 0.326 e. The molecule has 0 unspecified atom stereocenters.